The Morgan fingerprint density at radius 1 is 1.10 bits per heavy atom. The zero-order valence-corrected chi connectivity index (χ0v) is 19.1. The summed E-state index contributed by atoms with van der Waals surface area (Å²) in [6, 6.07) is 14.1. The van der Waals surface area contributed by atoms with Crippen molar-refractivity contribution in [2.24, 2.45) is 5.92 Å². The third-order valence-corrected chi connectivity index (χ3v) is 6.13. The summed E-state index contributed by atoms with van der Waals surface area (Å²) in [5.41, 5.74) is 1.58. The molecule has 2 unspecified atom stereocenters. The summed E-state index contributed by atoms with van der Waals surface area (Å²) in [6.07, 6.45) is 0.793. The number of carbonyl (C=O) groups excluding carboxylic acids is 2. The highest BCUT2D eigenvalue weighted by molar-refractivity contribution is 6.30. The number of hydrogen-bond donors (Lipinski definition) is 1. The summed E-state index contributed by atoms with van der Waals surface area (Å²) in [6.45, 7) is 6.71. The molecule has 2 aromatic carbocycles. The maximum atomic E-state index is 13.3. The van der Waals surface area contributed by atoms with Crippen molar-refractivity contribution in [2.75, 3.05) is 38.2 Å². The van der Waals surface area contributed by atoms with Crippen molar-refractivity contribution in [3.05, 3.63) is 59.1 Å². The smallest absolute Gasteiger partial charge is 0.251 e. The molecular weight excluding hydrogens is 414 g/mol. The fourth-order valence-corrected chi connectivity index (χ4v) is 3.82. The van der Waals surface area contributed by atoms with E-state index in [1.165, 1.54) is 0 Å². The molecule has 2 amide bonds. The first-order chi connectivity index (χ1) is 14.9. The SMILES string of the molecule is CCC(C)C(NC(=O)c1ccc(Cl)cc1)C(=O)N1CCN(c2cccc(OC)c2)CC1. The lowest BCUT2D eigenvalue weighted by molar-refractivity contribution is -0.134. The molecule has 7 heteroatoms. The molecule has 0 bridgehead atoms. The van der Waals surface area contributed by atoms with Gasteiger partial charge in [-0.3, -0.25) is 9.59 Å². The number of piperazine rings is 1. The number of nitrogens with one attached hydrogen (secondary N) is 1. The summed E-state index contributed by atoms with van der Waals surface area (Å²) in [4.78, 5) is 30.1. The molecular formula is C24H30ClN3O3. The van der Waals surface area contributed by atoms with E-state index < -0.39 is 6.04 Å². The zero-order chi connectivity index (χ0) is 22.4. The van der Waals surface area contributed by atoms with Gasteiger partial charge >= 0.3 is 0 Å². The normalized spacial score (nSPS) is 15.9. The quantitative estimate of drug-likeness (QED) is 0.706. The predicted molar refractivity (Wildman–Crippen MR) is 124 cm³/mol. The highest BCUT2D eigenvalue weighted by Gasteiger charge is 2.32. The molecule has 166 valence electrons. The Morgan fingerprint density at radius 2 is 1.77 bits per heavy atom. The first-order valence-electron chi connectivity index (χ1n) is 10.7. The molecule has 0 radical (unpaired) electrons. The van der Waals surface area contributed by atoms with Crippen LogP contribution >= 0.6 is 11.6 Å². The third kappa shape index (κ3) is 5.70. The highest BCUT2D eigenvalue weighted by Crippen LogP contribution is 2.23. The van der Waals surface area contributed by atoms with Gasteiger partial charge in [-0.1, -0.05) is 37.9 Å². The van der Waals surface area contributed by atoms with Crippen LogP contribution in [-0.4, -0.2) is 56.0 Å². The lowest BCUT2D eigenvalue weighted by Gasteiger charge is -2.38. The van der Waals surface area contributed by atoms with Crippen LogP contribution in [0.2, 0.25) is 5.02 Å². The van der Waals surface area contributed by atoms with E-state index in [0.29, 0.717) is 23.7 Å². The number of benzene rings is 2. The van der Waals surface area contributed by atoms with Crippen molar-refractivity contribution in [1.82, 2.24) is 10.2 Å². The molecule has 0 aromatic heterocycles. The molecule has 1 fully saturated rings. The lowest BCUT2D eigenvalue weighted by Crippen LogP contribution is -2.56. The topological polar surface area (TPSA) is 61.9 Å². The molecule has 3 rings (SSSR count). The van der Waals surface area contributed by atoms with Gasteiger partial charge in [-0.2, -0.15) is 0 Å². The first-order valence-corrected chi connectivity index (χ1v) is 11.0. The van der Waals surface area contributed by atoms with E-state index in [1.54, 1.807) is 31.4 Å². The number of anilines is 1. The Kier molecular flexibility index (Phi) is 7.80. The summed E-state index contributed by atoms with van der Waals surface area (Å²) < 4.78 is 5.32. The van der Waals surface area contributed by atoms with Crippen LogP contribution < -0.4 is 15.0 Å². The van der Waals surface area contributed by atoms with Gasteiger partial charge < -0.3 is 19.9 Å². The van der Waals surface area contributed by atoms with Crippen LogP contribution in [0, 0.1) is 5.92 Å². The molecule has 6 nitrogen and oxygen atoms in total. The number of hydrogen-bond acceptors (Lipinski definition) is 4. The summed E-state index contributed by atoms with van der Waals surface area (Å²) in [5, 5.41) is 3.52. The van der Waals surface area contributed by atoms with Crippen LogP contribution in [0.25, 0.3) is 0 Å². The van der Waals surface area contributed by atoms with Gasteiger partial charge in [0.25, 0.3) is 5.91 Å². The molecule has 0 spiro atoms. The van der Waals surface area contributed by atoms with E-state index in [9.17, 15) is 9.59 Å². The van der Waals surface area contributed by atoms with Crippen molar-refractivity contribution in [3.8, 4) is 5.75 Å². The number of carbonyl (C=O) groups is 2. The molecule has 1 aliphatic heterocycles. The molecule has 1 aliphatic rings. The van der Waals surface area contributed by atoms with E-state index in [1.807, 2.05) is 43.0 Å². The minimum Gasteiger partial charge on any atom is -0.497 e. The van der Waals surface area contributed by atoms with Crippen LogP contribution in [0.5, 0.6) is 5.75 Å². The van der Waals surface area contributed by atoms with E-state index in [2.05, 4.69) is 10.2 Å². The largest absolute Gasteiger partial charge is 0.497 e. The Morgan fingerprint density at radius 3 is 2.39 bits per heavy atom. The summed E-state index contributed by atoms with van der Waals surface area (Å²) in [7, 11) is 1.66. The van der Waals surface area contributed by atoms with E-state index in [4.69, 9.17) is 16.3 Å². The summed E-state index contributed by atoms with van der Waals surface area (Å²) >= 11 is 5.92. The second kappa shape index (κ2) is 10.5. The van der Waals surface area contributed by atoms with Gasteiger partial charge in [0.15, 0.2) is 0 Å². The molecule has 2 atom stereocenters. The fraction of sp³-hybridized carbons (Fsp3) is 0.417. The number of nitrogens with zero attached hydrogens (tertiary/aromatic N) is 2. The van der Waals surface area contributed by atoms with Crippen LogP contribution in [-0.2, 0) is 4.79 Å². The van der Waals surface area contributed by atoms with E-state index >= 15 is 0 Å². The third-order valence-electron chi connectivity index (χ3n) is 5.88. The number of methoxy groups -OCH3 is 1. The Bertz CT molecular complexity index is 895. The average Bonchev–Trinajstić information content (AvgIpc) is 2.82. The minimum absolute atomic E-state index is 0.0260. The number of ether oxygens (including phenoxy) is 1. The first kappa shape index (κ1) is 22.9. The van der Waals surface area contributed by atoms with Gasteiger partial charge in [-0.05, 0) is 42.3 Å². The van der Waals surface area contributed by atoms with Crippen molar-refractivity contribution in [3.63, 3.8) is 0 Å². The van der Waals surface area contributed by atoms with Crippen molar-refractivity contribution in [2.45, 2.75) is 26.3 Å². The Balaban J connectivity index is 1.65. The van der Waals surface area contributed by atoms with Crippen LogP contribution in [0.1, 0.15) is 30.6 Å². The zero-order valence-electron chi connectivity index (χ0n) is 18.3. The Labute approximate surface area is 189 Å². The van der Waals surface area contributed by atoms with Crippen LogP contribution in [0.3, 0.4) is 0 Å². The second-order valence-corrected chi connectivity index (χ2v) is 8.29. The molecule has 31 heavy (non-hydrogen) atoms. The maximum absolute atomic E-state index is 13.3. The fourth-order valence-electron chi connectivity index (χ4n) is 3.70. The number of halogens is 1. The number of amides is 2. The summed E-state index contributed by atoms with van der Waals surface area (Å²) in [5.74, 6) is 0.560. The molecule has 1 heterocycles. The highest BCUT2D eigenvalue weighted by atomic mass is 35.5. The van der Waals surface area contributed by atoms with Crippen molar-refractivity contribution >= 4 is 29.1 Å². The second-order valence-electron chi connectivity index (χ2n) is 7.86. The molecule has 1 N–H and O–H groups in total. The predicted octanol–water partition coefficient (Wildman–Crippen LogP) is 3.84. The average molecular weight is 444 g/mol. The van der Waals surface area contributed by atoms with Crippen LogP contribution in [0.15, 0.2) is 48.5 Å². The molecule has 2 aromatic rings. The Hall–Kier alpha value is -2.73. The van der Waals surface area contributed by atoms with Gasteiger partial charge in [0.2, 0.25) is 5.91 Å². The maximum Gasteiger partial charge on any atom is 0.251 e. The van der Waals surface area contributed by atoms with Gasteiger partial charge in [-0.25, -0.2) is 0 Å². The molecule has 0 aliphatic carbocycles. The molecule has 0 saturated carbocycles. The van der Waals surface area contributed by atoms with Gasteiger partial charge in [0.05, 0.1) is 7.11 Å². The van der Waals surface area contributed by atoms with Gasteiger partial charge in [0.1, 0.15) is 11.8 Å². The standard InChI is InChI=1S/C24H30ClN3O3/c1-4-17(2)22(26-23(29)18-8-10-19(25)11-9-18)24(30)28-14-12-27(13-15-28)20-6-5-7-21(16-20)31-3/h5-11,16-17,22H,4,12-15H2,1-3H3,(H,26,29). The molecule has 1 saturated heterocycles. The van der Waals surface area contributed by atoms with Crippen molar-refractivity contribution in [1.29, 1.82) is 0 Å². The lowest BCUT2D eigenvalue weighted by atomic mass is 9.97. The minimum atomic E-state index is -0.559. The van der Waals surface area contributed by atoms with Crippen LogP contribution in [0.4, 0.5) is 5.69 Å². The van der Waals surface area contributed by atoms with Gasteiger partial charge in [-0.15, -0.1) is 0 Å². The van der Waals surface area contributed by atoms with Gasteiger partial charge in [0, 0.05) is 48.5 Å². The van der Waals surface area contributed by atoms with E-state index in [0.717, 1.165) is 30.9 Å². The van der Waals surface area contributed by atoms with E-state index in [-0.39, 0.29) is 17.7 Å². The monoisotopic (exact) mass is 443 g/mol. The van der Waals surface area contributed by atoms with Crippen molar-refractivity contribution < 1.29 is 14.3 Å². The number of rotatable bonds is 7.